The molecule has 0 aromatic heterocycles. The van der Waals surface area contributed by atoms with E-state index in [0.29, 0.717) is 0 Å². The molecule has 0 spiro atoms. The Morgan fingerprint density at radius 3 is 2.64 bits per heavy atom. The molecule has 0 atom stereocenters. The van der Waals surface area contributed by atoms with Gasteiger partial charge in [0, 0.05) is 0 Å². The normalized spacial score (nSPS) is 34.1. The van der Waals surface area contributed by atoms with E-state index in [1.807, 2.05) is 0 Å². The monoisotopic (exact) mass is 197 g/mol. The van der Waals surface area contributed by atoms with Gasteiger partial charge in [0.25, 0.3) is 0 Å². The van der Waals surface area contributed by atoms with Crippen LogP contribution in [0.2, 0.25) is 0 Å². The SMILES string of the molecule is O=[C]OCC(=O)OC12CCC(CC1)C2. The number of ether oxygens (including phenoxy) is 2. The number of fused-ring (bicyclic) bond motifs is 2. The molecule has 0 heterocycles. The van der Waals surface area contributed by atoms with Crippen molar-refractivity contribution in [1.82, 2.24) is 0 Å². The molecule has 77 valence electrons. The smallest absolute Gasteiger partial charge is 0.418 e. The highest BCUT2D eigenvalue weighted by atomic mass is 16.6. The van der Waals surface area contributed by atoms with Gasteiger partial charge in [0.1, 0.15) is 5.60 Å². The van der Waals surface area contributed by atoms with Crippen molar-refractivity contribution in [3.63, 3.8) is 0 Å². The highest BCUT2D eigenvalue weighted by molar-refractivity contribution is 5.72. The zero-order chi connectivity index (χ0) is 10.0. The number of carbonyl (C=O) groups is 1. The van der Waals surface area contributed by atoms with Crippen LogP contribution in [0, 0.1) is 5.92 Å². The van der Waals surface area contributed by atoms with Crippen molar-refractivity contribution in [3.05, 3.63) is 0 Å². The summed E-state index contributed by atoms with van der Waals surface area (Å²) >= 11 is 0. The van der Waals surface area contributed by atoms with E-state index >= 15 is 0 Å². The topological polar surface area (TPSA) is 52.6 Å². The van der Waals surface area contributed by atoms with E-state index in [1.54, 1.807) is 0 Å². The molecule has 0 aromatic carbocycles. The molecule has 2 rings (SSSR count). The fraction of sp³-hybridized carbons (Fsp3) is 0.800. The summed E-state index contributed by atoms with van der Waals surface area (Å²) in [6, 6.07) is 0. The quantitative estimate of drug-likeness (QED) is 0.629. The summed E-state index contributed by atoms with van der Waals surface area (Å²) in [5.74, 6) is 0.289. The second-order valence-electron chi connectivity index (χ2n) is 4.18. The lowest BCUT2D eigenvalue weighted by Gasteiger charge is -2.26. The van der Waals surface area contributed by atoms with Crippen LogP contribution in [0.15, 0.2) is 0 Å². The molecule has 0 unspecified atom stereocenters. The second-order valence-corrected chi connectivity index (χ2v) is 4.18. The predicted octanol–water partition coefficient (Wildman–Crippen LogP) is 0.946. The first-order valence-corrected chi connectivity index (χ1v) is 4.95. The van der Waals surface area contributed by atoms with Crippen molar-refractivity contribution in [2.75, 3.05) is 6.61 Å². The summed E-state index contributed by atoms with van der Waals surface area (Å²) in [6.07, 6.45) is 5.24. The molecule has 2 aliphatic carbocycles. The molecule has 14 heavy (non-hydrogen) atoms. The largest absolute Gasteiger partial charge is 0.457 e. The fourth-order valence-corrected chi connectivity index (χ4v) is 2.64. The van der Waals surface area contributed by atoms with Gasteiger partial charge in [-0.3, -0.25) is 0 Å². The van der Waals surface area contributed by atoms with E-state index < -0.39 is 5.97 Å². The Morgan fingerprint density at radius 1 is 1.43 bits per heavy atom. The molecular weight excluding hydrogens is 184 g/mol. The van der Waals surface area contributed by atoms with Gasteiger partial charge >= 0.3 is 12.4 Å². The molecule has 0 saturated heterocycles. The molecule has 2 fully saturated rings. The Balaban J connectivity index is 1.84. The van der Waals surface area contributed by atoms with Crippen molar-refractivity contribution in [2.45, 2.75) is 37.7 Å². The van der Waals surface area contributed by atoms with E-state index in [1.165, 1.54) is 6.47 Å². The van der Waals surface area contributed by atoms with Crippen molar-refractivity contribution in [2.24, 2.45) is 5.92 Å². The minimum absolute atomic E-state index is 0.228. The lowest BCUT2D eigenvalue weighted by Crippen LogP contribution is -2.31. The lowest BCUT2D eigenvalue weighted by atomic mass is 9.97. The van der Waals surface area contributed by atoms with E-state index in [2.05, 4.69) is 4.74 Å². The van der Waals surface area contributed by atoms with Crippen LogP contribution in [-0.2, 0) is 19.1 Å². The summed E-state index contributed by atoms with van der Waals surface area (Å²) in [7, 11) is 0. The van der Waals surface area contributed by atoms with Crippen LogP contribution in [0.5, 0.6) is 0 Å². The zero-order valence-corrected chi connectivity index (χ0v) is 7.95. The Hall–Kier alpha value is -1.06. The summed E-state index contributed by atoms with van der Waals surface area (Å²) in [4.78, 5) is 21.0. The van der Waals surface area contributed by atoms with Crippen LogP contribution >= 0.6 is 0 Å². The van der Waals surface area contributed by atoms with Crippen molar-refractivity contribution in [1.29, 1.82) is 0 Å². The minimum atomic E-state index is -0.448. The molecule has 4 heteroatoms. The minimum Gasteiger partial charge on any atom is -0.457 e. The maximum Gasteiger partial charge on any atom is 0.418 e. The van der Waals surface area contributed by atoms with E-state index in [0.717, 1.165) is 38.0 Å². The van der Waals surface area contributed by atoms with E-state index in [-0.39, 0.29) is 12.2 Å². The van der Waals surface area contributed by atoms with Crippen LogP contribution in [0.25, 0.3) is 0 Å². The van der Waals surface area contributed by atoms with Gasteiger partial charge in [-0.25, -0.2) is 9.59 Å². The first-order chi connectivity index (χ1) is 6.74. The third-order valence-corrected chi connectivity index (χ3v) is 3.26. The number of hydrogen-bond donors (Lipinski definition) is 0. The van der Waals surface area contributed by atoms with Gasteiger partial charge in [-0.2, -0.15) is 0 Å². The third-order valence-electron chi connectivity index (χ3n) is 3.26. The summed E-state index contributed by atoms with van der Waals surface area (Å²) in [6.45, 7) is 0.904. The van der Waals surface area contributed by atoms with Gasteiger partial charge in [-0.15, -0.1) is 0 Å². The summed E-state index contributed by atoms with van der Waals surface area (Å²) in [5, 5.41) is 0. The molecule has 2 bridgehead atoms. The number of hydrogen-bond acceptors (Lipinski definition) is 4. The van der Waals surface area contributed by atoms with Gasteiger partial charge in [0.2, 0.25) is 0 Å². The lowest BCUT2D eigenvalue weighted by molar-refractivity contribution is -0.161. The number of carbonyl (C=O) groups excluding carboxylic acids is 2. The molecular formula is C10H13O4. The van der Waals surface area contributed by atoms with Crippen LogP contribution in [0.1, 0.15) is 32.1 Å². The van der Waals surface area contributed by atoms with Crippen LogP contribution in [0.3, 0.4) is 0 Å². The molecule has 0 aliphatic heterocycles. The van der Waals surface area contributed by atoms with Gasteiger partial charge < -0.3 is 9.47 Å². The van der Waals surface area contributed by atoms with Crippen molar-refractivity contribution >= 4 is 12.4 Å². The second kappa shape index (κ2) is 3.59. The highest BCUT2D eigenvalue weighted by Crippen LogP contribution is 2.49. The Labute approximate surface area is 82.6 Å². The third kappa shape index (κ3) is 1.74. The standard InChI is InChI=1S/C10H13O4/c11-7-13-6-9(12)14-10-3-1-8(5-10)2-4-10/h8H,1-6H2. The summed E-state index contributed by atoms with van der Waals surface area (Å²) < 4.78 is 9.58. The molecule has 2 aliphatic rings. The molecule has 2 saturated carbocycles. The number of rotatable bonds is 4. The van der Waals surface area contributed by atoms with Gasteiger partial charge in [0.15, 0.2) is 6.61 Å². The van der Waals surface area contributed by atoms with Gasteiger partial charge in [0.05, 0.1) is 0 Å². The molecule has 0 amide bonds. The molecule has 4 nitrogen and oxygen atoms in total. The molecule has 1 radical (unpaired) electrons. The highest BCUT2D eigenvalue weighted by Gasteiger charge is 2.47. The molecule has 0 N–H and O–H groups in total. The molecule has 0 aromatic rings. The first-order valence-electron chi connectivity index (χ1n) is 4.95. The Morgan fingerprint density at radius 2 is 2.14 bits per heavy atom. The maximum absolute atomic E-state index is 11.2. The Bertz CT molecular complexity index is 241. The van der Waals surface area contributed by atoms with Gasteiger partial charge in [-0.05, 0) is 38.0 Å². The van der Waals surface area contributed by atoms with Crippen LogP contribution < -0.4 is 0 Å². The van der Waals surface area contributed by atoms with Crippen LogP contribution in [-0.4, -0.2) is 24.6 Å². The zero-order valence-electron chi connectivity index (χ0n) is 7.95. The van der Waals surface area contributed by atoms with Crippen molar-refractivity contribution in [3.8, 4) is 0 Å². The fourth-order valence-electron chi connectivity index (χ4n) is 2.64. The van der Waals surface area contributed by atoms with E-state index in [4.69, 9.17) is 4.74 Å². The van der Waals surface area contributed by atoms with Crippen LogP contribution in [0.4, 0.5) is 0 Å². The van der Waals surface area contributed by atoms with Crippen molar-refractivity contribution < 1.29 is 19.1 Å². The number of esters is 1. The average Bonchev–Trinajstić information content (AvgIpc) is 2.74. The summed E-state index contributed by atoms with van der Waals surface area (Å²) in [5.41, 5.74) is -0.228. The predicted molar refractivity (Wildman–Crippen MR) is 47.0 cm³/mol. The maximum atomic E-state index is 11.2. The first kappa shape index (κ1) is 9.49. The average molecular weight is 197 g/mol. The Kier molecular flexibility index (Phi) is 2.44. The van der Waals surface area contributed by atoms with E-state index in [9.17, 15) is 9.59 Å². The van der Waals surface area contributed by atoms with Gasteiger partial charge in [-0.1, -0.05) is 0 Å².